The van der Waals surface area contributed by atoms with E-state index in [0.29, 0.717) is 11.3 Å². The van der Waals surface area contributed by atoms with E-state index in [1.54, 1.807) is 12.1 Å². The number of nitrogens with two attached hydrogens (primary N) is 1. The van der Waals surface area contributed by atoms with E-state index >= 15 is 0 Å². The van der Waals surface area contributed by atoms with Crippen LogP contribution in [0.2, 0.25) is 0 Å². The molecule has 3 heterocycles. The highest BCUT2D eigenvalue weighted by molar-refractivity contribution is 7.89. The molecule has 0 aliphatic heterocycles. The Morgan fingerprint density at radius 1 is 1.37 bits per heavy atom. The van der Waals surface area contributed by atoms with Gasteiger partial charge in [0.1, 0.15) is 5.52 Å². The second-order valence-corrected chi connectivity index (χ2v) is 5.71. The van der Waals surface area contributed by atoms with Gasteiger partial charge < -0.3 is 10.2 Å². The number of anilines is 1. The molecule has 19 heavy (non-hydrogen) atoms. The Balaban J connectivity index is 2.46. The minimum absolute atomic E-state index is 0.0247. The quantitative estimate of drug-likeness (QED) is 0.724. The Morgan fingerprint density at radius 3 is 2.79 bits per heavy atom. The third kappa shape index (κ3) is 1.83. The van der Waals surface area contributed by atoms with Crippen LogP contribution in [0.15, 0.2) is 29.0 Å². The smallest absolute Gasteiger partial charge is 0.239 e. The summed E-state index contributed by atoms with van der Waals surface area (Å²) in [4.78, 5) is 11.9. The summed E-state index contributed by atoms with van der Waals surface area (Å²) in [6.07, 6.45) is 3.85. The Hall–Kier alpha value is -2.42. The van der Waals surface area contributed by atoms with Gasteiger partial charge in [0, 0.05) is 0 Å². The second kappa shape index (κ2) is 3.79. The number of hydrogen-bond donors (Lipinski definition) is 1. The van der Waals surface area contributed by atoms with Crippen molar-refractivity contribution in [2.24, 2.45) is 0 Å². The zero-order valence-electron chi connectivity index (χ0n) is 9.81. The summed E-state index contributed by atoms with van der Waals surface area (Å²) in [5.41, 5.74) is 5.93. The average molecular weight is 279 g/mol. The largest absolute Gasteiger partial charge is 0.461 e. The monoisotopic (exact) mass is 279 g/mol. The van der Waals surface area contributed by atoms with Crippen molar-refractivity contribution in [2.45, 2.75) is 0 Å². The van der Waals surface area contributed by atoms with Crippen molar-refractivity contribution in [1.82, 2.24) is 18.9 Å². The molecular weight excluding hydrogens is 270 g/mol. The number of rotatable bonds is 2. The summed E-state index contributed by atoms with van der Waals surface area (Å²) in [6, 6.07) is 3.25. The van der Waals surface area contributed by atoms with Crippen LogP contribution in [0.1, 0.15) is 0 Å². The first kappa shape index (κ1) is 11.7. The maximum atomic E-state index is 11.9. The van der Waals surface area contributed by atoms with Crippen LogP contribution in [0.25, 0.3) is 22.7 Å². The van der Waals surface area contributed by atoms with Gasteiger partial charge in [0.05, 0.1) is 18.7 Å². The lowest BCUT2D eigenvalue weighted by molar-refractivity contribution is 0.572. The van der Waals surface area contributed by atoms with Gasteiger partial charge in [-0.15, -0.1) is 0 Å². The molecule has 3 aromatic heterocycles. The van der Waals surface area contributed by atoms with Crippen LogP contribution in [0, 0.1) is 0 Å². The molecule has 3 rings (SSSR count). The molecule has 0 spiro atoms. The number of furan rings is 1. The molecule has 0 aliphatic carbocycles. The van der Waals surface area contributed by atoms with E-state index in [2.05, 4.69) is 15.0 Å². The van der Waals surface area contributed by atoms with Gasteiger partial charge in [-0.25, -0.2) is 18.4 Å². The molecule has 2 N–H and O–H groups in total. The third-order valence-electron chi connectivity index (χ3n) is 2.45. The van der Waals surface area contributed by atoms with Crippen molar-refractivity contribution in [3.63, 3.8) is 0 Å². The summed E-state index contributed by atoms with van der Waals surface area (Å²) in [5, 5.41) is 0. The Bertz CT molecular complexity index is 851. The summed E-state index contributed by atoms with van der Waals surface area (Å²) >= 11 is 0. The number of imidazole rings is 1. The molecule has 0 atom stereocenters. The van der Waals surface area contributed by atoms with Crippen LogP contribution in [-0.2, 0) is 10.0 Å². The molecular formula is C10H9N5O3S. The molecule has 8 nitrogen and oxygen atoms in total. The van der Waals surface area contributed by atoms with Crippen molar-refractivity contribution in [3.05, 3.63) is 24.6 Å². The zero-order chi connectivity index (χ0) is 13.6. The van der Waals surface area contributed by atoms with Gasteiger partial charge in [-0.2, -0.15) is 8.96 Å². The highest BCUT2D eigenvalue weighted by atomic mass is 32.2. The molecule has 0 radical (unpaired) electrons. The molecule has 9 heteroatoms. The maximum Gasteiger partial charge on any atom is 0.239 e. The standard InChI is InChI=1S/C10H9N5O3S/c1-19(16,17)15-8-6(5-12-10(11)14-8)13-9(15)7-3-2-4-18-7/h2-5H,1H3,(H2,11,12,14). The van der Waals surface area contributed by atoms with E-state index in [1.165, 1.54) is 12.5 Å². The van der Waals surface area contributed by atoms with Crippen LogP contribution >= 0.6 is 0 Å². The van der Waals surface area contributed by atoms with Crippen molar-refractivity contribution in [1.29, 1.82) is 0 Å². The van der Waals surface area contributed by atoms with Gasteiger partial charge in [-0.05, 0) is 12.1 Å². The lowest BCUT2D eigenvalue weighted by Crippen LogP contribution is -2.12. The predicted octanol–water partition coefficient (Wildman–Crippen LogP) is 0.476. The number of nitrogens with zero attached hydrogens (tertiary/aromatic N) is 4. The predicted molar refractivity (Wildman–Crippen MR) is 67.7 cm³/mol. The molecule has 0 amide bonds. The highest BCUT2D eigenvalue weighted by Crippen LogP contribution is 2.25. The number of hydrogen-bond acceptors (Lipinski definition) is 7. The van der Waals surface area contributed by atoms with Gasteiger partial charge in [0.2, 0.25) is 16.0 Å². The van der Waals surface area contributed by atoms with Gasteiger partial charge in [-0.1, -0.05) is 0 Å². The molecule has 0 fully saturated rings. The number of aromatic nitrogens is 4. The van der Waals surface area contributed by atoms with Crippen molar-refractivity contribution in [3.8, 4) is 11.6 Å². The van der Waals surface area contributed by atoms with Crippen molar-refractivity contribution < 1.29 is 12.8 Å². The van der Waals surface area contributed by atoms with E-state index in [-0.39, 0.29) is 17.4 Å². The zero-order valence-corrected chi connectivity index (χ0v) is 10.6. The highest BCUT2D eigenvalue weighted by Gasteiger charge is 2.22. The average Bonchev–Trinajstić information content (AvgIpc) is 2.92. The topological polar surface area (TPSA) is 117 Å². The summed E-state index contributed by atoms with van der Waals surface area (Å²) in [5.74, 6) is 0.438. The Morgan fingerprint density at radius 2 is 2.16 bits per heavy atom. The minimum atomic E-state index is -3.61. The molecule has 98 valence electrons. The molecule has 0 saturated carbocycles. The van der Waals surface area contributed by atoms with Crippen LogP contribution < -0.4 is 5.73 Å². The third-order valence-corrected chi connectivity index (χ3v) is 3.46. The van der Waals surface area contributed by atoms with Gasteiger partial charge in [-0.3, -0.25) is 0 Å². The summed E-state index contributed by atoms with van der Waals surface area (Å²) in [6.45, 7) is 0. The van der Waals surface area contributed by atoms with Gasteiger partial charge in [0.25, 0.3) is 0 Å². The first-order valence-electron chi connectivity index (χ1n) is 5.22. The van der Waals surface area contributed by atoms with Crippen LogP contribution in [0.5, 0.6) is 0 Å². The van der Waals surface area contributed by atoms with Crippen LogP contribution in [0.4, 0.5) is 5.95 Å². The summed E-state index contributed by atoms with van der Waals surface area (Å²) < 4.78 is 30.0. The minimum Gasteiger partial charge on any atom is -0.461 e. The van der Waals surface area contributed by atoms with E-state index < -0.39 is 10.0 Å². The second-order valence-electron chi connectivity index (χ2n) is 3.88. The molecule has 0 aromatic carbocycles. The fourth-order valence-electron chi connectivity index (χ4n) is 1.74. The molecule has 0 bridgehead atoms. The number of nitrogen functional groups attached to an aromatic ring is 1. The van der Waals surface area contributed by atoms with Gasteiger partial charge >= 0.3 is 0 Å². The first-order valence-corrected chi connectivity index (χ1v) is 7.07. The van der Waals surface area contributed by atoms with E-state index in [4.69, 9.17) is 10.2 Å². The normalized spacial score (nSPS) is 12.1. The molecule has 0 unspecified atom stereocenters. The molecule has 3 aromatic rings. The van der Waals surface area contributed by atoms with Crippen molar-refractivity contribution >= 4 is 27.1 Å². The fraction of sp³-hybridized carbons (Fsp3) is 0.100. The Labute approximate surface area is 108 Å². The van der Waals surface area contributed by atoms with Gasteiger partial charge in [0.15, 0.2) is 17.2 Å². The fourth-order valence-corrected chi connectivity index (χ4v) is 2.64. The lowest BCUT2D eigenvalue weighted by atomic mass is 10.4. The van der Waals surface area contributed by atoms with E-state index in [1.807, 2.05) is 0 Å². The van der Waals surface area contributed by atoms with Crippen LogP contribution in [0.3, 0.4) is 0 Å². The van der Waals surface area contributed by atoms with Crippen LogP contribution in [-0.4, -0.2) is 33.6 Å². The Kier molecular flexibility index (Phi) is 2.32. The maximum absolute atomic E-state index is 11.9. The molecule has 0 aliphatic rings. The van der Waals surface area contributed by atoms with E-state index in [9.17, 15) is 8.42 Å². The molecule has 0 saturated heterocycles. The van der Waals surface area contributed by atoms with Crippen molar-refractivity contribution in [2.75, 3.05) is 12.0 Å². The SMILES string of the molecule is CS(=O)(=O)n1c(-c2ccco2)nc2cnc(N)nc21. The lowest BCUT2D eigenvalue weighted by Gasteiger charge is -2.03. The van der Waals surface area contributed by atoms with E-state index in [0.717, 1.165) is 10.2 Å². The number of fused-ring (bicyclic) bond motifs is 1. The summed E-state index contributed by atoms with van der Waals surface area (Å²) in [7, 11) is -3.61. The first-order chi connectivity index (χ1) is 8.97.